The molecule has 1 aromatic heterocycles. The van der Waals surface area contributed by atoms with Crippen LogP contribution in [0.1, 0.15) is 46.0 Å². The fraction of sp³-hybridized carbons (Fsp3) is 0.184. The fourth-order valence-electron chi connectivity index (χ4n) is 8.09. The lowest BCUT2D eigenvalue weighted by Gasteiger charge is -2.39. The number of benzene rings is 6. The van der Waals surface area contributed by atoms with E-state index in [9.17, 15) is 9.90 Å². The van der Waals surface area contributed by atoms with Crippen LogP contribution in [-0.4, -0.2) is 47.7 Å². The summed E-state index contributed by atoms with van der Waals surface area (Å²) in [6, 6.07) is 57.7. The smallest absolute Gasteiger partial charge is 0.351 e. The van der Waals surface area contributed by atoms with Crippen molar-refractivity contribution in [2.24, 2.45) is 0 Å². The van der Waals surface area contributed by atoms with Crippen LogP contribution in [0.25, 0.3) is 0 Å². The average Bonchev–Trinajstić information content (AvgIpc) is 3.71. The lowest BCUT2D eigenvalue weighted by molar-refractivity contribution is -0.0994. The molecule has 9 nitrogen and oxygen atoms in total. The first-order valence-corrected chi connectivity index (χ1v) is 19.3. The zero-order chi connectivity index (χ0) is 40.0. The first-order valence-electron chi connectivity index (χ1n) is 19.3. The van der Waals surface area contributed by atoms with Crippen molar-refractivity contribution in [2.45, 2.75) is 36.0 Å². The second kappa shape index (κ2) is 16.9. The summed E-state index contributed by atoms with van der Waals surface area (Å²) in [6.45, 7) is -0.316. The lowest BCUT2D eigenvalue weighted by Crippen LogP contribution is -2.40. The van der Waals surface area contributed by atoms with E-state index in [0.29, 0.717) is 5.82 Å². The Hall–Kier alpha value is -6.52. The molecule has 7 aromatic rings. The van der Waals surface area contributed by atoms with Crippen molar-refractivity contribution in [3.63, 3.8) is 0 Å². The van der Waals surface area contributed by atoms with Crippen LogP contribution in [0, 0.1) is 0 Å². The van der Waals surface area contributed by atoms with E-state index in [1.54, 1.807) is 26.5 Å². The minimum Gasteiger partial charge on any atom is -0.497 e. The molecular weight excluding hydrogens is 727 g/mol. The van der Waals surface area contributed by atoms with Crippen LogP contribution in [-0.2, 0) is 20.6 Å². The van der Waals surface area contributed by atoms with Crippen molar-refractivity contribution in [3.05, 3.63) is 226 Å². The molecule has 1 fully saturated rings. The van der Waals surface area contributed by atoms with Crippen molar-refractivity contribution in [2.75, 3.05) is 26.1 Å². The van der Waals surface area contributed by atoms with Gasteiger partial charge in [0.05, 0.1) is 26.9 Å². The molecule has 292 valence electrons. The van der Waals surface area contributed by atoms with Gasteiger partial charge in [-0.2, -0.15) is 4.98 Å². The summed E-state index contributed by atoms with van der Waals surface area (Å²) >= 11 is 0. The van der Waals surface area contributed by atoms with Gasteiger partial charge in [0.15, 0.2) is 0 Å². The van der Waals surface area contributed by atoms with Crippen LogP contribution in [0.5, 0.6) is 11.5 Å². The van der Waals surface area contributed by atoms with Crippen molar-refractivity contribution >= 4 is 5.82 Å². The van der Waals surface area contributed by atoms with E-state index >= 15 is 0 Å². The molecule has 0 aliphatic carbocycles. The quantitative estimate of drug-likeness (QED) is 0.107. The molecule has 2 N–H and O–H groups in total. The molecule has 9 heteroatoms. The molecule has 1 aliphatic rings. The first kappa shape index (κ1) is 38.4. The van der Waals surface area contributed by atoms with Gasteiger partial charge in [0.1, 0.15) is 40.8 Å². The molecule has 8 rings (SSSR count). The number of nitrogens with zero attached hydrogens (tertiary/aromatic N) is 2. The number of hydrogen-bond donors (Lipinski definition) is 2. The molecule has 0 radical (unpaired) electrons. The molecule has 3 atom stereocenters. The SMILES string of the molecule is COc1ccc(C(Nc2ccn([C@H]3C[C@H](OC(c4ccccc4)(c4ccccc4)c4ccc(OC)cc4)[C@@H](CO)O3)c(=O)n2)(c2ccccc2)c2ccccc2)cc1. The first-order chi connectivity index (χ1) is 28.5. The molecule has 1 saturated heterocycles. The number of ether oxygens (including phenoxy) is 4. The third kappa shape index (κ3) is 7.27. The summed E-state index contributed by atoms with van der Waals surface area (Å²) < 4.78 is 26.2. The van der Waals surface area contributed by atoms with Crippen LogP contribution in [0.4, 0.5) is 5.82 Å². The molecule has 58 heavy (non-hydrogen) atoms. The minimum absolute atomic E-state index is 0.279. The molecule has 0 spiro atoms. The molecule has 2 heterocycles. The summed E-state index contributed by atoms with van der Waals surface area (Å²) in [7, 11) is 3.28. The number of aliphatic hydroxyl groups excluding tert-OH is 1. The Morgan fingerprint density at radius 3 is 1.52 bits per heavy atom. The summed E-state index contributed by atoms with van der Waals surface area (Å²) in [6.07, 6.45) is -0.148. The fourth-order valence-corrected chi connectivity index (χ4v) is 8.09. The number of anilines is 1. The van der Waals surface area contributed by atoms with Gasteiger partial charge in [0.2, 0.25) is 0 Å². The Labute approximate surface area is 338 Å². The number of methoxy groups -OCH3 is 2. The van der Waals surface area contributed by atoms with Crippen LogP contribution in [0.15, 0.2) is 187 Å². The second-order valence-corrected chi connectivity index (χ2v) is 14.2. The highest BCUT2D eigenvalue weighted by molar-refractivity contribution is 5.58. The Bertz CT molecular complexity index is 2370. The van der Waals surface area contributed by atoms with Gasteiger partial charge in [-0.3, -0.25) is 4.57 Å². The summed E-state index contributed by atoms with van der Waals surface area (Å²) in [5.74, 6) is 1.82. The molecule has 0 amide bonds. The Morgan fingerprint density at radius 1 is 0.638 bits per heavy atom. The molecule has 0 bridgehead atoms. The standard InChI is InChI=1S/C49H45N3O6/c1-55-41-27-23-37(24-28-41)48(35-15-7-3-8-16-35,36-17-9-4-10-18-36)51-45-31-32-52(47(54)50-45)46-33-43(44(34-53)57-46)58-49(38-19-11-5-12-20-38,39-21-13-6-14-22-39)40-25-29-42(56-2)30-26-40/h3-32,43-44,46,53H,33-34H2,1-2H3,(H,50,51,54)/t43-,44+,46+/m0/s1. The van der Waals surface area contributed by atoms with Gasteiger partial charge in [0, 0.05) is 12.6 Å². The number of rotatable bonds is 14. The monoisotopic (exact) mass is 771 g/mol. The predicted molar refractivity (Wildman–Crippen MR) is 224 cm³/mol. The average molecular weight is 772 g/mol. The maximum atomic E-state index is 14.1. The van der Waals surface area contributed by atoms with E-state index in [0.717, 1.165) is 44.9 Å². The van der Waals surface area contributed by atoms with Crippen LogP contribution in [0.2, 0.25) is 0 Å². The maximum absolute atomic E-state index is 14.1. The molecule has 1 aliphatic heterocycles. The van der Waals surface area contributed by atoms with E-state index < -0.39 is 35.3 Å². The van der Waals surface area contributed by atoms with Crippen LogP contribution in [0.3, 0.4) is 0 Å². The van der Waals surface area contributed by atoms with Gasteiger partial charge in [-0.25, -0.2) is 4.79 Å². The van der Waals surface area contributed by atoms with Gasteiger partial charge in [-0.05, 0) is 63.7 Å². The van der Waals surface area contributed by atoms with Gasteiger partial charge >= 0.3 is 5.69 Å². The molecule has 0 unspecified atom stereocenters. The van der Waals surface area contributed by atoms with Gasteiger partial charge in [0.25, 0.3) is 0 Å². The highest BCUT2D eigenvalue weighted by atomic mass is 16.6. The third-order valence-electron chi connectivity index (χ3n) is 10.9. The number of hydrogen-bond acceptors (Lipinski definition) is 8. The van der Waals surface area contributed by atoms with E-state index in [1.807, 2.05) is 146 Å². The zero-order valence-corrected chi connectivity index (χ0v) is 32.3. The van der Waals surface area contributed by atoms with E-state index in [1.165, 1.54) is 4.57 Å². The Balaban J connectivity index is 1.16. The number of aromatic nitrogens is 2. The normalized spacial score (nSPS) is 16.8. The summed E-state index contributed by atoms with van der Waals surface area (Å²) in [5.41, 5.74) is 2.99. The van der Waals surface area contributed by atoms with Crippen LogP contribution >= 0.6 is 0 Å². The predicted octanol–water partition coefficient (Wildman–Crippen LogP) is 8.32. The van der Waals surface area contributed by atoms with E-state index in [2.05, 4.69) is 34.6 Å². The maximum Gasteiger partial charge on any atom is 0.351 e. The Morgan fingerprint density at radius 2 is 1.07 bits per heavy atom. The van der Waals surface area contributed by atoms with Crippen molar-refractivity contribution in [1.29, 1.82) is 0 Å². The zero-order valence-electron chi connectivity index (χ0n) is 32.3. The van der Waals surface area contributed by atoms with Gasteiger partial charge in [-0.15, -0.1) is 0 Å². The topological polar surface area (TPSA) is 104 Å². The minimum atomic E-state index is -1.10. The Kier molecular flexibility index (Phi) is 11.2. The third-order valence-corrected chi connectivity index (χ3v) is 10.9. The molecule has 6 aromatic carbocycles. The molecule has 0 saturated carbocycles. The van der Waals surface area contributed by atoms with E-state index in [4.69, 9.17) is 18.9 Å². The van der Waals surface area contributed by atoms with Gasteiger partial charge in [-0.1, -0.05) is 146 Å². The number of aliphatic hydroxyl groups is 1. The second-order valence-electron chi connectivity index (χ2n) is 14.2. The number of nitrogens with one attached hydrogen (secondary N) is 1. The van der Waals surface area contributed by atoms with Crippen molar-refractivity contribution < 1.29 is 24.1 Å². The van der Waals surface area contributed by atoms with Gasteiger partial charge < -0.3 is 29.4 Å². The largest absolute Gasteiger partial charge is 0.497 e. The van der Waals surface area contributed by atoms with Crippen LogP contribution < -0.4 is 20.5 Å². The van der Waals surface area contributed by atoms with E-state index in [-0.39, 0.29) is 13.0 Å². The van der Waals surface area contributed by atoms with Crippen molar-refractivity contribution in [1.82, 2.24) is 9.55 Å². The summed E-state index contributed by atoms with van der Waals surface area (Å²) in [5, 5.41) is 14.4. The highest BCUT2D eigenvalue weighted by Crippen LogP contribution is 2.45. The van der Waals surface area contributed by atoms with Crippen molar-refractivity contribution in [3.8, 4) is 11.5 Å². The lowest BCUT2D eigenvalue weighted by atomic mass is 9.77. The molecular formula is C49H45N3O6. The highest BCUT2D eigenvalue weighted by Gasteiger charge is 2.46. The summed E-state index contributed by atoms with van der Waals surface area (Å²) in [4.78, 5) is 18.7.